The highest BCUT2D eigenvalue weighted by atomic mass is 32.1. The van der Waals surface area contributed by atoms with E-state index in [9.17, 15) is 10.2 Å². The summed E-state index contributed by atoms with van der Waals surface area (Å²) < 4.78 is 1.78. The lowest BCUT2D eigenvalue weighted by atomic mass is 9.98. The van der Waals surface area contributed by atoms with Gasteiger partial charge in [-0.1, -0.05) is 20.8 Å². The molecule has 0 saturated carbocycles. The number of phenols is 2. The molecule has 0 fully saturated rings. The number of thiol groups is 1. The van der Waals surface area contributed by atoms with E-state index in [4.69, 9.17) is 0 Å². The van der Waals surface area contributed by atoms with Crippen molar-refractivity contribution >= 4 is 18.3 Å². The van der Waals surface area contributed by atoms with Crippen LogP contribution in [0.2, 0.25) is 0 Å². The van der Waals surface area contributed by atoms with E-state index < -0.39 is 0 Å². The van der Waals surface area contributed by atoms with Gasteiger partial charge in [0, 0.05) is 31.0 Å². The molecule has 0 aliphatic heterocycles. The second-order valence-corrected chi connectivity index (χ2v) is 7.58. The summed E-state index contributed by atoms with van der Waals surface area (Å²) in [6.45, 7) is 7.10. The van der Waals surface area contributed by atoms with E-state index in [1.54, 1.807) is 10.6 Å². The highest BCUT2D eigenvalue weighted by molar-refractivity contribution is 7.80. The van der Waals surface area contributed by atoms with Crippen molar-refractivity contribution in [1.82, 2.24) is 14.8 Å². The first-order chi connectivity index (χ1) is 13.3. The Labute approximate surface area is 170 Å². The molecule has 7 heteroatoms. The van der Waals surface area contributed by atoms with Gasteiger partial charge in [0.2, 0.25) is 0 Å². The Hall–Kier alpha value is -2.67. The normalized spacial score (nSPS) is 11.2. The molecule has 0 radical (unpaired) electrons. The average molecular weight is 399 g/mol. The first-order valence-corrected chi connectivity index (χ1v) is 9.80. The molecule has 2 N–H and O–H groups in total. The molecule has 0 aliphatic carbocycles. The molecule has 1 aromatic heterocycles. The molecule has 148 valence electrons. The minimum Gasteiger partial charge on any atom is -0.508 e. The number of hydrogen-bond acceptors (Lipinski definition) is 6. The van der Waals surface area contributed by atoms with Gasteiger partial charge in [0.05, 0.1) is 5.56 Å². The second-order valence-electron chi connectivity index (χ2n) is 7.18. The van der Waals surface area contributed by atoms with Crippen molar-refractivity contribution in [3.63, 3.8) is 0 Å². The van der Waals surface area contributed by atoms with Crippen LogP contribution < -0.4 is 4.90 Å². The van der Waals surface area contributed by atoms with E-state index in [0.29, 0.717) is 16.5 Å². The predicted octanol–water partition coefficient (Wildman–Crippen LogP) is 4.60. The summed E-state index contributed by atoms with van der Waals surface area (Å²) in [5.74, 6) is 0.582. The Kier molecular flexibility index (Phi) is 5.84. The largest absolute Gasteiger partial charge is 0.508 e. The van der Waals surface area contributed by atoms with Crippen molar-refractivity contribution in [2.24, 2.45) is 0 Å². The van der Waals surface area contributed by atoms with Crippen LogP contribution in [0, 0.1) is 0 Å². The summed E-state index contributed by atoms with van der Waals surface area (Å²) in [5, 5.41) is 29.3. The van der Waals surface area contributed by atoms with E-state index in [1.165, 1.54) is 6.07 Å². The number of phenolic OH excluding ortho intramolecular Hbond substituents is 2. The third kappa shape index (κ3) is 3.80. The maximum absolute atomic E-state index is 10.4. The molecule has 3 aromatic rings. The SMILES string of the molecule is CCCN(C)c1ccc(-n2c(S)nnc2-c2cc(C(C)C)c(O)cc2O)cc1. The van der Waals surface area contributed by atoms with E-state index in [1.807, 2.05) is 38.1 Å². The lowest BCUT2D eigenvalue weighted by Crippen LogP contribution is -2.17. The zero-order valence-electron chi connectivity index (χ0n) is 16.6. The van der Waals surface area contributed by atoms with E-state index in [0.717, 1.165) is 29.9 Å². The van der Waals surface area contributed by atoms with Gasteiger partial charge in [-0.2, -0.15) is 0 Å². The molecule has 0 saturated heterocycles. The monoisotopic (exact) mass is 398 g/mol. The van der Waals surface area contributed by atoms with Crippen LogP contribution in [0.25, 0.3) is 17.1 Å². The van der Waals surface area contributed by atoms with E-state index in [2.05, 4.69) is 41.7 Å². The standard InChI is InChI=1S/C21H26N4O2S/c1-5-10-24(4)14-6-8-15(9-7-14)25-20(22-23-21(25)28)17-11-16(13(2)3)18(26)12-19(17)27/h6-9,11-13,26-27H,5,10H2,1-4H3,(H,23,28). The van der Waals surface area contributed by atoms with Crippen molar-refractivity contribution in [1.29, 1.82) is 0 Å². The predicted molar refractivity (Wildman–Crippen MR) is 115 cm³/mol. The Morgan fingerprint density at radius 1 is 1.07 bits per heavy atom. The summed E-state index contributed by atoms with van der Waals surface area (Å²) in [7, 11) is 2.06. The molecule has 0 bridgehead atoms. The third-order valence-corrected chi connectivity index (χ3v) is 5.05. The number of nitrogens with zero attached hydrogens (tertiary/aromatic N) is 4. The minimum absolute atomic E-state index is 0.0526. The lowest BCUT2D eigenvalue weighted by molar-refractivity contribution is 0.444. The Morgan fingerprint density at radius 2 is 1.75 bits per heavy atom. The van der Waals surface area contributed by atoms with Crippen LogP contribution in [0.3, 0.4) is 0 Å². The number of anilines is 1. The number of benzene rings is 2. The Morgan fingerprint density at radius 3 is 2.36 bits per heavy atom. The lowest BCUT2D eigenvalue weighted by Gasteiger charge is -2.19. The van der Waals surface area contributed by atoms with Crippen molar-refractivity contribution in [2.75, 3.05) is 18.5 Å². The van der Waals surface area contributed by atoms with Crippen LogP contribution in [0.1, 0.15) is 38.7 Å². The maximum Gasteiger partial charge on any atom is 0.193 e. The first-order valence-electron chi connectivity index (χ1n) is 9.35. The van der Waals surface area contributed by atoms with Crippen molar-refractivity contribution in [2.45, 2.75) is 38.3 Å². The van der Waals surface area contributed by atoms with Gasteiger partial charge in [0.25, 0.3) is 0 Å². The molecule has 6 nitrogen and oxygen atoms in total. The Balaban J connectivity index is 2.08. The molecule has 3 rings (SSSR count). The number of aromatic nitrogens is 3. The smallest absolute Gasteiger partial charge is 0.193 e. The van der Waals surface area contributed by atoms with Crippen LogP contribution in [0.4, 0.5) is 5.69 Å². The fourth-order valence-electron chi connectivity index (χ4n) is 3.24. The quantitative estimate of drug-likeness (QED) is 0.529. The minimum atomic E-state index is -0.0526. The van der Waals surface area contributed by atoms with Gasteiger partial charge in [-0.15, -0.1) is 22.8 Å². The first kappa shape index (κ1) is 20.1. The Bertz CT molecular complexity index is 967. The van der Waals surface area contributed by atoms with Gasteiger partial charge in [-0.05, 0) is 48.2 Å². The molecule has 2 aromatic carbocycles. The van der Waals surface area contributed by atoms with Crippen LogP contribution >= 0.6 is 12.6 Å². The highest BCUT2D eigenvalue weighted by Crippen LogP contribution is 2.38. The van der Waals surface area contributed by atoms with E-state index in [-0.39, 0.29) is 17.4 Å². The molecular formula is C21H26N4O2S. The van der Waals surface area contributed by atoms with Crippen molar-refractivity contribution in [3.05, 3.63) is 42.0 Å². The summed E-state index contributed by atoms with van der Waals surface area (Å²) in [4.78, 5) is 2.19. The zero-order chi connectivity index (χ0) is 20.4. The zero-order valence-corrected chi connectivity index (χ0v) is 17.5. The molecule has 0 aliphatic rings. The third-order valence-electron chi connectivity index (χ3n) is 4.76. The molecular weight excluding hydrogens is 372 g/mol. The molecule has 0 amide bonds. The maximum atomic E-state index is 10.4. The van der Waals surface area contributed by atoms with Gasteiger partial charge in [-0.3, -0.25) is 4.57 Å². The number of aromatic hydroxyl groups is 2. The van der Waals surface area contributed by atoms with E-state index >= 15 is 0 Å². The molecule has 1 heterocycles. The average Bonchev–Trinajstić information content (AvgIpc) is 3.03. The van der Waals surface area contributed by atoms with Gasteiger partial charge in [0.15, 0.2) is 11.0 Å². The fourth-order valence-corrected chi connectivity index (χ4v) is 3.50. The van der Waals surface area contributed by atoms with Gasteiger partial charge >= 0.3 is 0 Å². The fraction of sp³-hybridized carbons (Fsp3) is 0.333. The van der Waals surface area contributed by atoms with Crippen LogP contribution in [-0.4, -0.2) is 38.6 Å². The molecule has 0 spiro atoms. The van der Waals surface area contributed by atoms with Crippen LogP contribution in [0.5, 0.6) is 11.5 Å². The van der Waals surface area contributed by atoms with Crippen LogP contribution in [0.15, 0.2) is 41.6 Å². The summed E-state index contributed by atoms with van der Waals surface area (Å²) in [6, 6.07) is 11.2. The second kappa shape index (κ2) is 8.14. The summed E-state index contributed by atoms with van der Waals surface area (Å²) >= 11 is 4.45. The molecule has 28 heavy (non-hydrogen) atoms. The molecule has 0 atom stereocenters. The van der Waals surface area contributed by atoms with Gasteiger partial charge < -0.3 is 15.1 Å². The van der Waals surface area contributed by atoms with Crippen molar-refractivity contribution in [3.8, 4) is 28.6 Å². The van der Waals surface area contributed by atoms with Gasteiger partial charge in [0.1, 0.15) is 11.5 Å². The topological polar surface area (TPSA) is 74.4 Å². The van der Waals surface area contributed by atoms with Crippen molar-refractivity contribution < 1.29 is 10.2 Å². The number of rotatable bonds is 6. The molecule has 0 unspecified atom stereocenters. The highest BCUT2D eigenvalue weighted by Gasteiger charge is 2.20. The van der Waals surface area contributed by atoms with Crippen LogP contribution in [-0.2, 0) is 0 Å². The summed E-state index contributed by atoms with van der Waals surface area (Å²) in [6.07, 6.45) is 1.08. The number of hydrogen-bond donors (Lipinski definition) is 3. The summed E-state index contributed by atoms with van der Waals surface area (Å²) in [5.41, 5.74) is 3.20. The van der Waals surface area contributed by atoms with Gasteiger partial charge in [-0.25, -0.2) is 0 Å².